The molecule has 0 atom stereocenters. The highest BCUT2D eigenvalue weighted by Gasteiger charge is 2.14. The molecule has 156 valence electrons. The van der Waals surface area contributed by atoms with Crippen LogP contribution in [0.15, 0.2) is 36.7 Å². The molecule has 0 fully saturated rings. The van der Waals surface area contributed by atoms with Gasteiger partial charge in [0.05, 0.1) is 12.1 Å². The number of hydrogen-bond donors (Lipinski definition) is 2. The number of carbonyl (C=O) groups is 1. The van der Waals surface area contributed by atoms with E-state index < -0.39 is 0 Å². The van der Waals surface area contributed by atoms with E-state index in [2.05, 4.69) is 15.3 Å². The third kappa shape index (κ3) is 4.68. The van der Waals surface area contributed by atoms with Crippen LogP contribution in [0.4, 0.5) is 0 Å². The summed E-state index contributed by atoms with van der Waals surface area (Å²) < 4.78 is 10.8. The zero-order valence-electron chi connectivity index (χ0n) is 17.1. The molecule has 2 aromatic heterocycles. The molecule has 2 N–H and O–H groups in total. The van der Waals surface area contributed by atoms with Crippen LogP contribution < -0.4 is 10.1 Å². The highest BCUT2D eigenvalue weighted by atomic mass is 35.5. The SMILES string of the molecule is CNC(=N)c1cc(C)nc2c(OCc3c(Cl)cncc3CCC(=O)OC)cccc12. The molecular weight excluding hydrogens is 404 g/mol. The highest BCUT2D eigenvalue weighted by molar-refractivity contribution is 6.31. The molecule has 0 aliphatic heterocycles. The molecular formula is C22H23ClN4O3. The van der Waals surface area contributed by atoms with E-state index in [1.807, 2.05) is 31.2 Å². The predicted octanol–water partition coefficient (Wildman–Crippen LogP) is 3.82. The van der Waals surface area contributed by atoms with Crippen molar-refractivity contribution in [1.82, 2.24) is 15.3 Å². The van der Waals surface area contributed by atoms with Gasteiger partial charge in [-0.1, -0.05) is 23.7 Å². The van der Waals surface area contributed by atoms with Crippen LogP contribution in [0.5, 0.6) is 5.75 Å². The molecule has 0 unspecified atom stereocenters. The van der Waals surface area contributed by atoms with Crippen molar-refractivity contribution < 1.29 is 14.3 Å². The van der Waals surface area contributed by atoms with E-state index in [1.54, 1.807) is 19.4 Å². The molecule has 3 rings (SSSR count). The fraction of sp³-hybridized carbons (Fsp3) is 0.273. The Bertz CT molecular complexity index is 1100. The Balaban J connectivity index is 1.92. The van der Waals surface area contributed by atoms with Gasteiger partial charge >= 0.3 is 5.97 Å². The number of rotatable bonds is 7. The van der Waals surface area contributed by atoms with Gasteiger partial charge < -0.3 is 14.8 Å². The van der Waals surface area contributed by atoms with Gasteiger partial charge in [-0.2, -0.15) is 0 Å². The Hall–Kier alpha value is -3.19. The molecule has 0 bridgehead atoms. The number of nitrogens with zero attached hydrogens (tertiary/aromatic N) is 2. The maximum Gasteiger partial charge on any atom is 0.305 e. The second-order valence-corrected chi connectivity index (χ2v) is 7.12. The van der Waals surface area contributed by atoms with Crippen LogP contribution in [0, 0.1) is 12.3 Å². The van der Waals surface area contributed by atoms with E-state index in [9.17, 15) is 4.79 Å². The second-order valence-electron chi connectivity index (χ2n) is 6.71. The summed E-state index contributed by atoms with van der Waals surface area (Å²) in [6, 6.07) is 7.49. The summed E-state index contributed by atoms with van der Waals surface area (Å²) >= 11 is 6.36. The van der Waals surface area contributed by atoms with Crippen LogP contribution in [0.2, 0.25) is 5.02 Å². The molecule has 0 saturated heterocycles. The van der Waals surface area contributed by atoms with E-state index in [0.29, 0.717) is 28.5 Å². The largest absolute Gasteiger partial charge is 0.487 e. The highest BCUT2D eigenvalue weighted by Crippen LogP contribution is 2.29. The summed E-state index contributed by atoms with van der Waals surface area (Å²) in [5.74, 6) is 0.605. The first-order chi connectivity index (χ1) is 14.4. The molecule has 0 aliphatic rings. The van der Waals surface area contributed by atoms with Gasteiger partial charge in [-0.05, 0) is 31.0 Å². The van der Waals surface area contributed by atoms with Gasteiger partial charge in [0.25, 0.3) is 0 Å². The average molecular weight is 427 g/mol. The zero-order chi connectivity index (χ0) is 21.7. The Morgan fingerprint density at radius 2 is 2.10 bits per heavy atom. The number of ether oxygens (including phenoxy) is 2. The van der Waals surface area contributed by atoms with Gasteiger partial charge in [-0.3, -0.25) is 15.2 Å². The van der Waals surface area contributed by atoms with Gasteiger partial charge in [0.15, 0.2) is 0 Å². The molecule has 1 aromatic carbocycles. The lowest BCUT2D eigenvalue weighted by Crippen LogP contribution is -2.18. The van der Waals surface area contributed by atoms with Crippen molar-refractivity contribution in [2.75, 3.05) is 14.2 Å². The minimum Gasteiger partial charge on any atom is -0.487 e. The lowest BCUT2D eigenvalue weighted by molar-refractivity contribution is -0.140. The number of pyridine rings is 2. The van der Waals surface area contributed by atoms with E-state index >= 15 is 0 Å². The zero-order valence-corrected chi connectivity index (χ0v) is 17.8. The number of fused-ring (bicyclic) bond motifs is 1. The van der Waals surface area contributed by atoms with Crippen LogP contribution in [0.1, 0.15) is 28.8 Å². The smallest absolute Gasteiger partial charge is 0.305 e. The standard InChI is InChI=1S/C22H23ClN4O3/c1-13-9-16(22(24)25-2)15-5-4-6-19(21(15)27-13)30-12-17-14(7-8-20(28)29-3)10-26-11-18(17)23/h4-6,9-11H,7-8,12H2,1-3H3,(H2,24,25). The Kier molecular flexibility index (Phi) is 6.84. The quantitative estimate of drug-likeness (QED) is 0.338. The van der Waals surface area contributed by atoms with Gasteiger partial charge in [-0.15, -0.1) is 0 Å². The number of methoxy groups -OCH3 is 1. The molecule has 7 nitrogen and oxygen atoms in total. The topological polar surface area (TPSA) is 97.2 Å². The predicted molar refractivity (Wildman–Crippen MR) is 116 cm³/mol. The van der Waals surface area contributed by atoms with E-state index in [1.165, 1.54) is 7.11 Å². The minimum atomic E-state index is -0.296. The molecule has 2 heterocycles. The number of carbonyl (C=O) groups excluding carboxylic acids is 1. The Labute approximate surface area is 179 Å². The number of nitrogens with one attached hydrogen (secondary N) is 2. The summed E-state index contributed by atoms with van der Waals surface area (Å²) in [6.45, 7) is 2.08. The van der Waals surface area contributed by atoms with Crippen LogP contribution >= 0.6 is 11.6 Å². The molecule has 0 amide bonds. The number of aromatic nitrogens is 2. The first-order valence-corrected chi connectivity index (χ1v) is 9.80. The molecule has 3 aromatic rings. The molecule has 0 radical (unpaired) electrons. The fourth-order valence-electron chi connectivity index (χ4n) is 3.18. The minimum absolute atomic E-state index is 0.200. The molecule has 8 heteroatoms. The van der Waals surface area contributed by atoms with Gasteiger partial charge in [0.2, 0.25) is 0 Å². The van der Waals surface area contributed by atoms with Crippen molar-refractivity contribution in [3.05, 3.63) is 64.1 Å². The molecule has 0 saturated carbocycles. The first-order valence-electron chi connectivity index (χ1n) is 9.42. The van der Waals surface area contributed by atoms with Gasteiger partial charge in [-0.25, -0.2) is 4.98 Å². The van der Waals surface area contributed by atoms with Crippen LogP contribution in [0.25, 0.3) is 10.9 Å². The van der Waals surface area contributed by atoms with Crippen LogP contribution in [0.3, 0.4) is 0 Å². The maximum atomic E-state index is 11.5. The third-order valence-corrected chi connectivity index (χ3v) is 5.07. The molecule has 0 aliphatic carbocycles. The third-order valence-electron chi connectivity index (χ3n) is 4.74. The van der Waals surface area contributed by atoms with Crippen molar-refractivity contribution in [3.8, 4) is 5.75 Å². The van der Waals surface area contributed by atoms with Gasteiger partial charge in [0.1, 0.15) is 23.7 Å². The number of amidine groups is 1. The number of para-hydroxylation sites is 1. The normalized spacial score (nSPS) is 10.7. The summed E-state index contributed by atoms with van der Waals surface area (Å²) in [7, 11) is 3.08. The number of benzene rings is 1. The summed E-state index contributed by atoms with van der Waals surface area (Å²) in [6.07, 6.45) is 3.93. The van der Waals surface area contributed by atoms with Crippen molar-refractivity contribution >= 4 is 34.3 Å². The fourth-order valence-corrected chi connectivity index (χ4v) is 3.41. The molecule has 30 heavy (non-hydrogen) atoms. The van der Waals surface area contributed by atoms with Gasteiger partial charge in [0, 0.05) is 48.1 Å². The summed E-state index contributed by atoms with van der Waals surface area (Å²) in [5, 5.41) is 12.3. The van der Waals surface area contributed by atoms with Crippen LogP contribution in [-0.4, -0.2) is 35.9 Å². The van der Waals surface area contributed by atoms with Crippen molar-refractivity contribution in [1.29, 1.82) is 5.41 Å². The number of esters is 1. The van der Waals surface area contributed by atoms with Crippen molar-refractivity contribution in [2.45, 2.75) is 26.4 Å². The summed E-state index contributed by atoms with van der Waals surface area (Å²) in [5.41, 5.74) is 3.81. The Morgan fingerprint density at radius 1 is 1.30 bits per heavy atom. The van der Waals surface area contributed by atoms with Crippen LogP contribution in [-0.2, 0) is 22.6 Å². The second kappa shape index (κ2) is 9.54. The van der Waals surface area contributed by atoms with Crippen molar-refractivity contribution in [3.63, 3.8) is 0 Å². The number of hydrogen-bond acceptors (Lipinski definition) is 6. The maximum absolute atomic E-state index is 11.5. The van der Waals surface area contributed by atoms with E-state index in [0.717, 1.165) is 27.8 Å². The summed E-state index contributed by atoms with van der Waals surface area (Å²) in [4.78, 5) is 20.3. The van der Waals surface area contributed by atoms with Crippen molar-refractivity contribution in [2.24, 2.45) is 0 Å². The first kappa shape index (κ1) is 21.5. The lowest BCUT2D eigenvalue weighted by atomic mass is 10.1. The Morgan fingerprint density at radius 3 is 2.83 bits per heavy atom. The lowest BCUT2D eigenvalue weighted by Gasteiger charge is -2.15. The molecule has 0 spiro atoms. The average Bonchev–Trinajstić information content (AvgIpc) is 2.75. The van der Waals surface area contributed by atoms with E-state index in [-0.39, 0.29) is 19.0 Å². The van der Waals surface area contributed by atoms with E-state index in [4.69, 9.17) is 26.5 Å². The monoisotopic (exact) mass is 426 g/mol. The number of aryl methyl sites for hydroxylation is 2. The number of halogens is 1.